The van der Waals surface area contributed by atoms with Crippen LogP contribution in [0.4, 0.5) is 0 Å². The predicted molar refractivity (Wildman–Crippen MR) is 120 cm³/mol. The molecule has 1 N–H and O–H groups in total. The molecule has 0 bridgehead atoms. The number of hydrogen-bond donors (Lipinski definition) is 1. The molecule has 3 aromatic carbocycles. The van der Waals surface area contributed by atoms with Crippen LogP contribution in [0.3, 0.4) is 0 Å². The highest BCUT2D eigenvalue weighted by atomic mass is 35.5. The third-order valence-electron chi connectivity index (χ3n) is 6.08. The first-order valence-electron chi connectivity index (χ1n) is 10.4. The number of hydrogen-bond acceptors (Lipinski definition) is 1. The first kappa shape index (κ1) is 19.7. The smallest absolute Gasteiger partial charge is 0.230 e. The molecule has 1 saturated carbocycles. The lowest BCUT2D eigenvalue weighted by Crippen LogP contribution is -2.45. The molecule has 1 aliphatic carbocycles. The Hall–Kier alpha value is -2.58. The van der Waals surface area contributed by atoms with Crippen LogP contribution in [-0.2, 0) is 16.8 Å². The lowest BCUT2D eigenvalue weighted by molar-refractivity contribution is -0.128. The summed E-state index contributed by atoms with van der Waals surface area (Å²) in [5.41, 5.74) is 4.09. The SMILES string of the molecule is O=C(NCc1ccccc1-c1ccccc1)C1(c2ccc(Cl)cc2)CCCCC1. The summed E-state index contributed by atoms with van der Waals surface area (Å²) in [5.74, 6) is 0.127. The van der Waals surface area contributed by atoms with Gasteiger partial charge in [-0.1, -0.05) is 97.6 Å². The van der Waals surface area contributed by atoms with Crippen molar-refractivity contribution in [1.29, 1.82) is 0 Å². The van der Waals surface area contributed by atoms with Crippen molar-refractivity contribution in [3.63, 3.8) is 0 Å². The number of halogens is 1. The van der Waals surface area contributed by atoms with Crippen LogP contribution in [-0.4, -0.2) is 5.91 Å². The van der Waals surface area contributed by atoms with Crippen LogP contribution in [0.15, 0.2) is 78.9 Å². The van der Waals surface area contributed by atoms with E-state index in [4.69, 9.17) is 11.6 Å². The van der Waals surface area contributed by atoms with E-state index < -0.39 is 5.41 Å². The number of nitrogens with one attached hydrogen (secondary N) is 1. The first-order chi connectivity index (χ1) is 14.2. The second kappa shape index (κ2) is 8.84. The molecule has 0 atom stereocenters. The van der Waals surface area contributed by atoms with E-state index in [0.717, 1.165) is 42.4 Å². The van der Waals surface area contributed by atoms with Crippen molar-refractivity contribution in [3.05, 3.63) is 95.0 Å². The summed E-state index contributed by atoms with van der Waals surface area (Å²) in [6, 6.07) is 26.4. The van der Waals surface area contributed by atoms with Crippen molar-refractivity contribution in [2.75, 3.05) is 0 Å². The lowest BCUT2D eigenvalue weighted by Gasteiger charge is -2.36. The fraction of sp³-hybridized carbons (Fsp3) is 0.269. The van der Waals surface area contributed by atoms with Crippen LogP contribution >= 0.6 is 11.6 Å². The highest BCUT2D eigenvalue weighted by molar-refractivity contribution is 6.30. The minimum atomic E-state index is -0.454. The van der Waals surface area contributed by atoms with Gasteiger partial charge in [-0.05, 0) is 47.2 Å². The highest BCUT2D eigenvalue weighted by Gasteiger charge is 2.40. The van der Waals surface area contributed by atoms with E-state index in [1.165, 1.54) is 12.0 Å². The lowest BCUT2D eigenvalue weighted by atomic mass is 9.68. The quantitative estimate of drug-likeness (QED) is 0.515. The van der Waals surface area contributed by atoms with Crippen LogP contribution < -0.4 is 5.32 Å². The molecule has 0 spiro atoms. The minimum absolute atomic E-state index is 0.127. The summed E-state index contributed by atoms with van der Waals surface area (Å²) >= 11 is 6.09. The average Bonchev–Trinajstić information content (AvgIpc) is 2.79. The van der Waals surface area contributed by atoms with Gasteiger partial charge in [-0.25, -0.2) is 0 Å². The molecule has 0 unspecified atom stereocenters. The van der Waals surface area contributed by atoms with Crippen LogP contribution in [0.25, 0.3) is 11.1 Å². The van der Waals surface area contributed by atoms with E-state index in [1.54, 1.807) is 0 Å². The molecule has 2 nitrogen and oxygen atoms in total. The van der Waals surface area contributed by atoms with Gasteiger partial charge in [0.2, 0.25) is 5.91 Å². The Morgan fingerprint density at radius 3 is 2.21 bits per heavy atom. The normalized spacial score (nSPS) is 15.6. The van der Waals surface area contributed by atoms with Gasteiger partial charge < -0.3 is 5.32 Å². The van der Waals surface area contributed by atoms with E-state index in [1.807, 2.05) is 54.6 Å². The number of rotatable bonds is 5. The summed E-state index contributed by atoms with van der Waals surface area (Å²) < 4.78 is 0. The van der Waals surface area contributed by atoms with Gasteiger partial charge in [-0.2, -0.15) is 0 Å². The maximum atomic E-state index is 13.5. The van der Waals surface area contributed by atoms with Gasteiger partial charge in [-0.3, -0.25) is 4.79 Å². The maximum Gasteiger partial charge on any atom is 0.230 e. The molecule has 1 fully saturated rings. The van der Waals surface area contributed by atoms with Crippen LogP contribution in [0.5, 0.6) is 0 Å². The molecule has 29 heavy (non-hydrogen) atoms. The number of amides is 1. The van der Waals surface area contributed by atoms with Gasteiger partial charge in [0.25, 0.3) is 0 Å². The van der Waals surface area contributed by atoms with E-state index >= 15 is 0 Å². The summed E-state index contributed by atoms with van der Waals surface area (Å²) in [7, 11) is 0. The molecule has 3 aromatic rings. The maximum absolute atomic E-state index is 13.5. The molecule has 148 valence electrons. The fourth-order valence-corrected chi connectivity index (χ4v) is 4.62. The van der Waals surface area contributed by atoms with Crippen LogP contribution in [0, 0.1) is 0 Å². The largest absolute Gasteiger partial charge is 0.351 e. The Morgan fingerprint density at radius 1 is 0.828 bits per heavy atom. The average molecular weight is 404 g/mol. The topological polar surface area (TPSA) is 29.1 Å². The minimum Gasteiger partial charge on any atom is -0.351 e. The Bertz CT molecular complexity index is 960. The monoisotopic (exact) mass is 403 g/mol. The van der Waals surface area contributed by atoms with Crippen molar-refractivity contribution in [2.45, 2.75) is 44.1 Å². The summed E-state index contributed by atoms with van der Waals surface area (Å²) in [6.07, 6.45) is 5.13. The molecule has 3 heteroatoms. The van der Waals surface area contributed by atoms with Crippen LogP contribution in [0.2, 0.25) is 5.02 Å². The zero-order valence-corrected chi connectivity index (χ0v) is 17.3. The van der Waals surface area contributed by atoms with Gasteiger partial charge in [0.1, 0.15) is 0 Å². The summed E-state index contributed by atoms with van der Waals surface area (Å²) in [5, 5.41) is 3.97. The highest BCUT2D eigenvalue weighted by Crippen LogP contribution is 2.40. The van der Waals surface area contributed by atoms with Crippen molar-refractivity contribution < 1.29 is 4.79 Å². The van der Waals surface area contributed by atoms with Crippen molar-refractivity contribution >= 4 is 17.5 Å². The Kier molecular flexibility index (Phi) is 6.01. The van der Waals surface area contributed by atoms with Crippen molar-refractivity contribution in [1.82, 2.24) is 5.32 Å². The summed E-state index contributed by atoms with van der Waals surface area (Å²) in [4.78, 5) is 13.5. The van der Waals surface area contributed by atoms with Gasteiger partial charge in [0.15, 0.2) is 0 Å². The zero-order valence-electron chi connectivity index (χ0n) is 16.5. The number of carbonyl (C=O) groups excluding carboxylic acids is 1. The Balaban J connectivity index is 1.58. The molecule has 0 heterocycles. The van der Waals surface area contributed by atoms with E-state index in [2.05, 4.69) is 29.6 Å². The number of benzene rings is 3. The Morgan fingerprint density at radius 2 is 1.48 bits per heavy atom. The Labute approximate surface area is 177 Å². The second-order valence-corrected chi connectivity index (χ2v) is 8.29. The molecule has 1 aliphatic rings. The van der Waals surface area contributed by atoms with Gasteiger partial charge in [0.05, 0.1) is 5.41 Å². The molecule has 4 rings (SSSR count). The summed E-state index contributed by atoms with van der Waals surface area (Å²) in [6.45, 7) is 0.527. The predicted octanol–water partition coefficient (Wildman–Crippen LogP) is 6.53. The molecule has 0 aliphatic heterocycles. The van der Waals surface area contributed by atoms with Gasteiger partial charge in [0, 0.05) is 11.6 Å². The third-order valence-corrected chi connectivity index (χ3v) is 6.33. The standard InChI is InChI=1S/C26H26ClNO/c27-23-15-13-22(14-16-23)26(17-7-2-8-18-26)25(29)28-19-21-11-5-6-12-24(21)20-9-3-1-4-10-20/h1,3-6,9-16H,2,7-8,17-19H2,(H,28,29). The second-order valence-electron chi connectivity index (χ2n) is 7.86. The molecule has 1 amide bonds. The molecule has 0 saturated heterocycles. The number of carbonyl (C=O) groups is 1. The molecular formula is C26H26ClNO. The van der Waals surface area contributed by atoms with Gasteiger partial charge in [-0.15, -0.1) is 0 Å². The molecule has 0 radical (unpaired) electrons. The zero-order chi connectivity index (χ0) is 20.1. The van der Waals surface area contributed by atoms with Crippen molar-refractivity contribution in [3.8, 4) is 11.1 Å². The van der Waals surface area contributed by atoms with Crippen molar-refractivity contribution in [2.24, 2.45) is 0 Å². The van der Waals surface area contributed by atoms with E-state index in [0.29, 0.717) is 11.6 Å². The van der Waals surface area contributed by atoms with Gasteiger partial charge >= 0.3 is 0 Å². The molecular weight excluding hydrogens is 378 g/mol. The van der Waals surface area contributed by atoms with E-state index in [-0.39, 0.29) is 5.91 Å². The fourth-order valence-electron chi connectivity index (χ4n) is 4.49. The van der Waals surface area contributed by atoms with Crippen LogP contribution in [0.1, 0.15) is 43.2 Å². The third kappa shape index (κ3) is 4.23. The first-order valence-corrected chi connectivity index (χ1v) is 10.7. The van der Waals surface area contributed by atoms with E-state index in [9.17, 15) is 4.79 Å². The molecule has 0 aromatic heterocycles.